The van der Waals surface area contributed by atoms with E-state index in [4.69, 9.17) is 14.5 Å². The minimum atomic E-state index is -4.91. The Balaban J connectivity index is 1.82. The predicted octanol–water partition coefficient (Wildman–Crippen LogP) is 1.40. The van der Waals surface area contributed by atoms with Gasteiger partial charge in [0, 0.05) is 6.54 Å². The molecule has 29 heavy (non-hydrogen) atoms. The lowest BCUT2D eigenvalue weighted by Crippen LogP contribution is -2.39. The zero-order valence-electron chi connectivity index (χ0n) is 16.1. The van der Waals surface area contributed by atoms with Crippen molar-refractivity contribution in [2.45, 2.75) is 38.4 Å². The molecule has 3 N–H and O–H groups in total. The zero-order chi connectivity index (χ0) is 21.3. The van der Waals surface area contributed by atoms with E-state index in [1.54, 1.807) is 0 Å². The Labute approximate surface area is 171 Å². The highest BCUT2D eigenvalue weighted by atomic mass is 32.2. The van der Waals surface area contributed by atoms with Crippen LogP contribution in [0.15, 0.2) is 30.3 Å². The van der Waals surface area contributed by atoms with Crippen LogP contribution in [0.4, 0.5) is 0 Å². The standard InChI is InChI=1S/C18H28NO8PS/c20-18(12-26-11-15-6-2-1-3-7-15)19-10-17(27-28(21,22)23)14-29(24,25)13-16-8-4-5-9-16/h1-3,6-7,16-17H,4-5,8-14H2,(H,19,20)(H2,21,22,23). The highest BCUT2D eigenvalue weighted by molar-refractivity contribution is 7.91. The third kappa shape index (κ3) is 10.3. The average Bonchev–Trinajstić information content (AvgIpc) is 3.11. The highest BCUT2D eigenvalue weighted by Gasteiger charge is 2.30. The van der Waals surface area contributed by atoms with Crippen molar-refractivity contribution < 1.29 is 36.8 Å². The number of amides is 1. The fraction of sp³-hybridized carbons (Fsp3) is 0.611. The molecular formula is C18H28NO8PS. The van der Waals surface area contributed by atoms with Gasteiger partial charge in [-0.05, 0) is 24.3 Å². The summed E-state index contributed by atoms with van der Waals surface area (Å²) in [6.07, 6.45) is 2.29. The van der Waals surface area contributed by atoms with Crippen LogP contribution in [0.3, 0.4) is 0 Å². The Kier molecular flexibility index (Phi) is 9.26. The largest absolute Gasteiger partial charge is 0.469 e. The van der Waals surface area contributed by atoms with Crippen LogP contribution >= 0.6 is 7.82 Å². The second kappa shape index (κ2) is 11.2. The molecule has 1 aliphatic carbocycles. The first-order valence-electron chi connectivity index (χ1n) is 9.46. The number of nitrogens with one attached hydrogen (secondary N) is 1. The number of phosphoric acid groups is 1. The molecule has 0 aromatic heterocycles. The van der Waals surface area contributed by atoms with Crippen LogP contribution in [-0.2, 0) is 35.1 Å². The predicted molar refractivity (Wildman–Crippen MR) is 107 cm³/mol. The summed E-state index contributed by atoms with van der Waals surface area (Å²) in [7, 11) is -8.50. The molecular weight excluding hydrogens is 421 g/mol. The first-order chi connectivity index (χ1) is 13.6. The van der Waals surface area contributed by atoms with E-state index in [9.17, 15) is 17.8 Å². The highest BCUT2D eigenvalue weighted by Crippen LogP contribution is 2.38. The monoisotopic (exact) mass is 449 g/mol. The van der Waals surface area contributed by atoms with Gasteiger partial charge in [-0.2, -0.15) is 0 Å². The smallest absolute Gasteiger partial charge is 0.367 e. The molecule has 1 atom stereocenters. The number of hydrogen-bond donors (Lipinski definition) is 3. The van der Waals surface area contributed by atoms with Crippen molar-refractivity contribution in [3.8, 4) is 0 Å². The summed E-state index contributed by atoms with van der Waals surface area (Å²) in [6.45, 7) is -0.388. The number of hydrogen-bond acceptors (Lipinski definition) is 6. The Morgan fingerprint density at radius 2 is 1.86 bits per heavy atom. The lowest BCUT2D eigenvalue weighted by atomic mass is 10.1. The van der Waals surface area contributed by atoms with E-state index in [2.05, 4.69) is 9.84 Å². The Morgan fingerprint density at radius 1 is 1.21 bits per heavy atom. The molecule has 11 heteroatoms. The normalized spacial score (nSPS) is 16.6. The summed E-state index contributed by atoms with van der Waals surface area (Å²) in [5, 5.41) is 2.41. The second-order valence-electron chi connectivity index (χ2n) is 7.23. The first kappa shape index (κ1) is 24.0. The molecule has 1 aromatic rings. The van der Waals surface area contributed by atoms with Crippen molar-refractivity contribution >= 4 is 23.6 Å². The number of benzene rings is 1. The van der Waals surface area contributed by atoms with Crippen LogP contribution in [0, 0.1) is 5.92 Å². The summed E-state index contributed by atoms with van der Waals surface area (Å²) in [4.78, 5) is 30.0. The van der Waals surface area contributed by atoms with Crippen LogP contribution in [0.1, 0.15) is 31.2 Å². The molecule has 9 nitrogen and oxygen atoms in total. The van der Waals surface area contributed by atoms with E-state index >= 15 is 0 Å². The molecule has 0 radical (unpaired) electrons. The lowest BCUT2D eigenvalue weighted by Gasteiger charge is -2.20. The van der Waals surface area contributed by atoms with Crippen LogP contribution < -0.4 is 5.32 Å². The van der Waals surface area contributed by atoms with E-state index in [0.717, 1.165) is 31.2 Å². The number of phosphoric ester groups is 1. The summed E-state index contributed by atoms with van der Waals surface area (Å²) in [5.41, 5.74) is 0.890. The molecule has 2 rings (SSSR count). The molecule has 0 bridgehead atoms. The fourth-order valence-corrected chi connectivity index (χ4v) is 5.90. The topological polar surface area (TPSA) is 139 Å². The van der Waals surface area contributed by atoms with Gasteiger partial charge in [0.05, 0.1) is 18.1 Å². The van der Waals surface area contributed by atoms with E-state index in [1.807, 2.05) is 30.3 Å². The number of sulfone groups is 1. The molecule has 1 aromatic carbocycles. The zero-order valence-corrected chi connectivity index (χ0v) is 17.8. The van der Waals surface area contributed by atoms with Crippen LogP contribution in [0.5, 0.6) is 0 Å². The van der Waals surface area contributed by atoms with Gasteiger partial charge in [0.15, 0.2) is 9.84 Å². The molecule has 0 spiro atoms. The van der Waals surface area contributed by atoms with Gasteiger partial charge in [0.1, 0.15) is 12.7 Å². The quantitative estimate of drug-likeness (QED) is 0.407. The van der Waals surface area contributed by atoms with Crippen molar-refractivity contribution in [2.24, 2.45) is 5.92 Å². The number of carbonyl (C=O) groups excluding carboxylic acids is 1. The van der Waals surface area contributed by atoms with Gasteiger partial charge >= 0.3 is 7.82 Å². The SMILES string of the molecule is O=C(COCc1ccccc1)NCC(CS(=O)(=O)CC1CCCC1)OP(=O)(O)O. The molecule has 0 aliphatic heterocycles. The maximum atomic E-state index is 12.4. The third-order valence-electron chi connectivity index (χ3n) is 4.56. The van der Waals surface area contributed by atoms with Gasteiger partial charge < -0.3 is 19.8 Å². The van der Waals surface area contributed by atoms with Crippen molar-refractivity contribution in [3.05, 3.63) is 35.9 Å². The summed E-state index contributed by atoms with van der Waals surface area (Å²) in [6, 6.07) is 9.23. The molecule has 1 saturated carbocycles. The molecule has 1 fully saturated rings. The van der Waals surface area contributed by atoms with E-state index in [-0.39, 0.29) is 31.4 Å². The minimum Gasteiger partial charge on any atom is -0.367 e. The van der Waals surface area contributed by atoms with Gasteiger partial charge in [0.25, 0.3) is 0 Å². The second-order valence-corrected chi connectivity index (χ2v) is 10.6. The number of ether oxygens (including phenoxy) is 1. The Hall–Kier alpha value is -1.29. The Morgan fingerprint density at radius 3 is 2.48 bits per heavy atom. The van der Waals surface area contributed by atoms with E-state index < -0.39 is 35.4 Å². The van der Waals surface area contributed by atoms with Crippen LogP contribution in [-0.4, -0.2) is 54.9 Å². The van der Waals surface area contributed by atoms with Gasteiger partial charge in [0.2, 0.25) is 5.91 Å². The van der Waals surface area contributed by atoms with Crippen LogP contribution in [0.2, 0.25) is 0 Å². The summed E-state index contributed by atoms with van der Waals surface area (Å²) in [5.74, 6) is -1.08. The van der Waals surface area contributed by atoms with Crippen LogP contribution in [0.25, 0.3) is 0 Å². The number of carbonyl (C=O) groups is 1. The Bertz CT molecular complexity index is 789. The third-order valence-corrected chi connectivity index (χ3v) is 6.99. The molecule has 164 valence electrons. The maximum Gasteiger partial charge on any atom is 0.469 e. The maximum absolute atomic E-state index is 12.4. The molecule has 1 amide bonds. The fourth-order valence-electron chi connectivity index (χ4n) is 3.32. The number of rotatable bonds is 12. The van der Waals surface area contributed by atoms with Crippen molar-refractivity contribution in [1.29, 1.82) is 0 Å². The van der Waals surface area contributed by atoms with Crippen molar-refractivity contribution in [2.75, 3.05) is 24.7 Å². The molecule has 1 unspecified atom stereocenters. The van der Waals surface area contributed by atoms with Gasteiger partial charge in [-0.15, -0.1) is 0 Å². The summed E-state index contributed by atoms with van der Waals surface area (Å²) >= 11 is 0. The van der Waals surface area contributed by atoms with Gasteiger partial charge in [-0.3, -0.25) is 9.32 Å². The lowest BCUT2D eigenvalue weighted by molar-refractivity contribution is -0.126. The van der Waals surface area contributed by atoms with Gasteiger partial charge in [-0.1, -0.05) is 43.2 Å². The first-order valence-corrected chi connectivity index (χ1v) is 12.8. The van der Waals surface area contributed by atoms with Crippen molar-refractivity contribution in [1.82, 2.24) is 5.32 Å². The van der Waals surface area contributed by atoms with Gasteiger partial charge in [-0.25, -0.2) is 13.0 Å². The average molecular weight is 449 g/mol. The van der Waals surface area contributed by atoms with E-state index in [1.165, 1.54) is 0 Å². The molecule has 1 aliphatic rings. The minimum absolute atomic E-state index is 0.0395. The van der Waals surface area contributed by atoms with Crippen molar-refractivity contribution in [3.63, 3.8) is 0 Å². The van der Waals surface area contributed by atoms with E-state index in [0.29, 0.717) is 0 Å². The molecule has 0 heterocycles. The molecule has 0 saturated heterocycles. The summed E-state index contributed by atoms with van der Waals surface area (Å²) < 4.78 is 45.8.